The molecule has 0 fully saturated rings. The Bertz CT molecular complexity index is 488. The number of carbonyl (C=O) groups is 1. The van der Waals surface area contributed by atoms with Gasteiger partial charge in [-0.25, -0.2) is 9.78 Å². The fraction of sp³-hybridized carbons (Fsp3) is 0.750. The van der Waals surface area contributed by atoms with Crippen molar-refractivity contribution in [3.63, 3.8) is 0 Å². The van der Waals surface area contributed by atoms with Crippen LogP contribution < -0.4 is 5.32 Å². The van der Waals surface area contributed by atoms with E-state index in [9.17, 15) is 4.79 Å². The van der Waals surface area contributed by atoms with Crippen LogP contribution in [0.5, 0.6) is 0 Å². The maximum Gasteiger partial charge on any atom is 0.317 e. The molecule has 1 heterocycles. The Hall–Kier alpha value is -1.14. The first-order chi connectivity index (χ1) is 10.3. The largest absolute Gasteiger partial charge is 0.396 e. The fourth-order valence-corrected chi connectivity index (χ4v) is 3.36. The van der Waals surface area contributed by atoms with Gasteiger partial charge < -0.3 is 15.3 Å². The quantitative estimate of drug-likeness (QED) is 0.806. The Morgan fingerprint density at radius 1 is 1.36 bits per heavy atom. The van der Waals surface area contributed by atoms with Crippen LogP contribution in [0.2, 0.25) is 0 Å². The molecule has 0 spiro atoms. The van der Waals surface area contributed by atoms with Gasteiger partial charge in [0.2, 0.25) is 0 Å². The lowest BCUT2D eigenvalue weighted by Crippen LogP contribution is -2.42. The minimum atomic E-state index is -0.0863. The second kappa shape index (κ2) is 8.48. The molecular weight excluding hydrogens is 298 g/mol. The van der Waals surface area contributed by atoms with Crippen molar-refractivity contribution in [1.29, 1.82) is 0 Å². The van der Waals surface area contributed by atoms with Crippen molar-refractivity contribution < 1.29 is 9.90 Å². The van der Waals surface area contributed by atoms with Gasteiger partial charge in [-0.05, 0) is 33.6 Å². The van der Waals surface area contributed by atoms with Gasteiger partial charge in [-0.15, -0.1) is 11.3 Å². The van der Waals surface area contributed by atoms with Gasteiger partial charge in [-0.3, -0.25) is 0 Å². The van der Waals surface area contributed by atoms with Crippen LogP contribution in [0.25, 0.3) is 0 Å². The van der Waals surface area contributed by atoms with Gasteiger partial charge in [-0.1, -0.05) is 13.8 Å². The third-order valence-electron chi connectivity index (χ3n) is 3.79. The Morgan fingerprint density at radius 2 is 2.00 bits per heavy atom. The van der Waals surface area contributed by atoms with Gasteiger partial charge in [0.15, 0.2) is 0 Å². The highest BCUT2D eigenvalue weighted by molar-refractivity contribution is 7.11. The van der Waals surface area contributed by atoms with Crippen molar-refractivity contribution in [1.82, 2.24) is 15.2 Å². The molecular formula is C16H29N3O2S. The summed E-state index contributed by atoms with van der Waals surface area (Å²) in [6, 6.07) is -0.0324. The molecule has 0 bridgehead atoms. The molecule has 0 radical (unpaired) electrons. The van der Waals surface area contributed by atoms with Crippen LogP contribution >= 0.6 is 11.3 Å². The Balaban J connectivity index is 2.71. The topological polar surface area (TPSA) is 65.5 Å². The smallest absolute Gasteiger partial charge is 0.317 e. The maximum atomic E-state index is 12.3. The number of nitrogens with zero attached hydrogens (tertiary/aromatic N) is 2. The Kier molecular flexibility index (Phi) is 7.29. The van der Waals surface area contributed by atoms with Gasteiger partial charge in [0.1, 0.15) is 0 Å². The van der Waals surface area contributed by atoms with Gasteiger partial charge in [0.05, 0.1) is 16.7 Å². The first-order valence-electron chi connectivity index (χ1n) is 7.89. The first kappa shape index (κ1) is 18.9. The van der Waals surface area contributed by atoms with Crippen LogP contribution in [0.15, 0.2) is 0 Å². The van der Waals surface area contributed by atoms with Crippen molar-refractivity contribution in [2.24, 2.45) is 0 Å². The van der Waals surface area contributed by atoms with E-state index in [1.54, 1.807) is 16.2 Å². The number of carbonyl (C=O) groups excluding carboxylic acids is 1. The summed E-state index contributed by atoms with van der Waals surface area (Å²) in [5.74, 6) is 0.405. The molecule has 2 amide bonds. The maximum absolute atomic E-state index is 12.3. The van der Waals surface area contributed by atoms with Crippen LogP contribution in [-0.2, 0) is 0 Å². The molecule has 0 aromatic carbocycles. The summed E-state index contributed by atoms with van der Waals surface area (Å²) >= 11 is 1.69. The zero-order valence-corrected chi connectivity index (χ0v) is 15.3. The lowest BCUT2D eigenvalue weighted by atomic mass is 10.2. The number of hydrogen-bond acceptors (Lipinski definition) is 4. The van der Waals surface area contributed by atoms with Crippen molar-refractivity contribution in [2.45, 2.75) is 65.5 Å². The van der Waals surface area contributed by atoms with E-state index in [2.05, 4.69) is 24.1 Å². The molecule has 0 aliphatic carbocycles. The summed E-state index contributed by atoms with van der Waals surface area (Å²) in [6.07, 6.45) is 1.48. The summed E-state index contributed by atoms with van der Waals surface area (Å²) in [5, 5.41) is 12.9. The van der Waals surface area contributed by atoms with Crippen LogP contribution in [0.4, 0.5) is 4.79 Å². The summed E-state index contributed by atoms with van der Waals surface area (Å²) in [7, 11) is 1.81. The Labute approximate surface area is 137 Å². The summed E-state index contributed by atoms with van der Waals surface area (Å²) < 4.78 is 0. The fourth-order valence-electron chi connectivity index (χ4n) is 2.20. The number of aromatic nitrogens is 1. The van der Waals surface area contributed by atoms with Crippen molar-refractivity contribution in [3.8, 4) is 0 Å². The highest BCUT2D eigenvalue weighted by Crippen LogP contribution is 2.31. The number of urea groups is 1. The predicted molar refractivity (Wildman–Crippen MR) is 91.4 cm³/mol. The predicted octanol–water partition coefficient (Wildman–Crippen LogP) is 3.44. The highest BCUT2D eigenvalue weighted by atomic mass is 32.1. The van der Waals surface area contributed by atoms with Crippen LogP contribution in [-0.4, -0.2) is 40.7 Å². The van der Waals surface area contributed by atoms with E-state index in [1.807, 2.05) is 27.8 Å². The van der Waals surface area contributed by atoms with Crippen LogP contribution in [0, 0.1) is 6.92 Å². The SMILES string of the molecule is Cc1nc(C(C)C)sc1C(C)N(C)C(=O)NC(C)CCCO. The number of aryl methyl sites for hydroxylation is 1. The zero-order valence-electron chi connectivity index (χ0n) is 14.5. The molecule has 2 atom stereocenters. The van der Waals surface area contributed by atoms with Crippen LogP contribution in [0.1, 0.15) is 68.1 Å². The van der Waals surface area contributed by atoms with E-state index < -0.39 is 0 Å². The van der Waals surface area contributed by atoms with Crippen molar-refractivity contribution >= 4 is 17.4 Å². The lowest BCUT2D eigenvalue weighted by molar-refractivity contribution is 0.190. The number of rotatable bonds is 7. The number of thiazole rings is 1. The van der Waals surface area contributed by atoms with Gasteiger partial charge in [-0.2, -0.15) is 0 Å². The standard InChI is InChI=1S/C16H29N3O2S/c1-10(2)15-18-12(4)14(22-15)13(5)19(6)16(21)17-11(3)8-7-9-20/h10-11,13,20H,7-9H2,1-6H3,(H,17,21). The third-order valence-corrected chi connectivity index (χ3v) is 5.42. The second-order valence-corrected chi connectivity index (χ2v) is 7.22. The molecule has 1 aromatic rings. The molecule has 0 aliphatic heterocycles. The highest BCUT2D eigenvalue weighted by Gasteiger charge is 2.23. The van der Waals surface area contributed by atoms with Crippen molar-refractivity contribution in [2.75, 3.05) is 13.7 Å². The van der Waals surface area contributed by atoms with Gasteiger partial charge in [0, 0.05) is 30.5 Å². The van der Waals surface area contributed by atoms with Crippen LogP contribution in [0.3, 0.4) is 0 Å². The molecule has 1 aromatic heterocycles. The average molecular weight is 327 g/mol. The number of aliphatic hydroxyl groups is 1. The van der Waals surface area contributed by atoms with E-state index in [-0.39, 0.29) is 24.7 Å². The monoisotopic (exact) mass is 327 g/mol. The summed E-state index contributed by atoms with van der Waals surface area (Å²) in [5.41, 5.74) is 1.01. The summed E-state index contributed by atoms with van der Waals surface area (Å²) in [6.45, 7) is 10.4. The minimum absolute atomic E-state index is 0.00459. The molecule has 1 rings (SSSR count). The first-order valence-corrected chi connectivity index (χ1v) is 8.71. The molecule has 6 heteroatoms. The molecule has 0 saturated carbocycles. The molecule has 2 unspecified atom stereocenters. The van der Waals surface area contributed by atoms with Crippen molar-refractivity contribution in [3.05, 3.63) is 15.6 Å². The van der Waals surface area contributed by atoms with E-state index in [0.717, 1.165) is 22.0 Å². The third kappa shape index (κ3) is 4.95. The average Bonchev–Trinajstić information content (AvgIpc) is 2.85. The number of amides is 2. The number of nitrogens with one attached hydrogen (secondary N) is 1. The van der Waals surface area contributed by atoms with E-state index in [1.165, 1.54) is 0 Å². The molecule has 0 saturated heterocycles. The molecule has 126 valence electrons. The normalized spacial score (nSPS) is 14.0. The second-order valence-electron chi connectivity index (χ2n) is 6.16. The molecule has 22 heavy (non-hydrogen) atoms. The molecule has 5 nitrogen and oxygen atoms in total. The molecule has 0 aliphatic rings. The zero-order chi connectivity index (χ0) is 16.9. The number of hydrogen-bond donors (Lipinski definition) is 2. The van der Waals surface area contributed by atoms with Gasteiger partial charge >= 0.3 is 6.03 Å². The molecule has 2 N–H and O–H groups in total. The number of aliphatic hydroxyl groups excluding tert-OH is 1. The minimum Gasteiger partial charge on any atom is -0.396 e. The lowest BCUT2D eigenvalue weighted by Gasteiger charge is -2.26. The Morgan fingerprint density at radius 3 is 2.50 bits per heavy atom. The van der Waals surface area contributed by atoms with Gasteiger partial charge in [0.25, 0.3) is 0 Å². The summed E-state index contributed by atoms with van der Waals surface area (Å²) in [4.78, 5) is 19.8. The van der Waals surface area contributed by atoms with E-state index in [0.29, 0.717) is 12.3 Å². The van der Waals surface area contributed by atoms with E-state index >= 15 is 0 Å². The van der Waals surface area contributed by atoms with E-state index in [4.69, 9.17) is 5.11 Å².